The summed E-state index contributed by atoms with van der Waals surface area (Å²) in [5.41, 5.74) is 0. The fraction of sp³-hybridized carbons (Fsp3) is 0. The maximum atomic E-state index is 11.2. The molecule has 0 atom stereocenters. The van der Waals surface area contributed by atoms with Crippen molar-refractivity contribution in [3.8, 4) is 10.9 Å². The number of hydrogen-bond acceptors (Lipinski definition) is 5. The number of carbonyl (C=O) groups is 1. The predicted molar refractivity (Wildman–Crippen MR) is 61.7 cm³/mol. The number of ether oxygens (including phenoxy) is 1. The Bertz CT molecular complexity index is 508. The molecule has 80 valence electrons. The molecule has 0 amide bonds. The van der Waals surface area contributed by atoms with Gasteiger partial charge in [-0.2, -0.15) is 0 Å². The summed E-state index contributed by atoms with van der Waals surface area (Å²) in [7, 11) is 0. The summed E-state index contributed by atoms with van der Waals surface area (Å²) in [6, 6.07) is 9.21. The number of para-hydroxylation sites is 1. The largest absolute Gasteiger partial charge is 0.431 e. The molecule has 1 aromatic heterocycles. The van der Waals surface area contributed by atoms with Gasteiger partial charge in [0.25, 0.3) is 5.19 Å². The zero-order valence-corrected chi connectivity index (χ0v) is 9.03. The van der Waals surface area contributed by atoms with E-state index in [1.54, 1.807) is 12.1 Å². The van der Waals surface area contributed by atoms with Gasteiger partial charge < -0.3 is 10.1 Å². The molecule has 0 aliphatic carbocycles. The average molecular weight is 232 g/mol. The summed E-state index contributed by atoms with van der Waals surface area (Å²) in [6.45, 7) is 0. The molecule has 0 bridgehead atoms. The van der Waals surface area contributed by atoms with Crippen LogP contribution >= 0.6 is 11.3 Å². The average Bonchev–Trinajstić information content (AvgIpc) is 2.78. The molecule has 0 aliphatic heterocycles. The predicted octanol–water partition coefficient (Wildman–Crippen LogP) is 2.77. The van der Waals surface area contributed by atoms with Gasteiger partial charge in [-0.3, -0.25) is 4.79 Å². The molecule has 1 heterocycles. The Morgan fingerprint density at radius 3 is 2.81 bits per heavy atom. The van der Waals surface area contributed by atoms with Crippen LogP contribution in [0.15, 0.2) is 36.5 Å². The van der Waals surface area contributed by atoms with E-state index in [0.29, 0.717) is 15.8 Å². The first-order valence-electron chi connectivity index (χ1n) is 4.53. The Balaban J connectivity index is 2.14. The van der Waals surface area contributed by atoms with E-state index < -0.39 is 0 Å². The summed E-state index contributed by atoms with van der Waals surface area (Å²) in [5.74, 6) is 0.311. The van der Waals surface area contributed by atoms with Gasteiger partial charge in [0.1, 0.15) is 5.75 Å². The topological polar surface area (TPSA) is 63.0 Å². The van der Waals surface area contributed by atoms with Gasteiger partial charge in [0.05, 0.1) is 17.3 Å². The minimum Gasteiger partial charge on any atom is -0.431 e. The van der Waals surface area contributed by atoms with E-state index in [9.17, 15) is 4.79 Å². The van der Waals surface area contributed by atoms with E-state index in [4.69, 9.17) is 10.1 Å². The molecular weight excluding hydrogens is 224 g/mol. The molecule has 1 N–H and O–H groups in total. The number of carbonyl (C=O) groups excluding carboxylic acids is 1. The van der Waals surface area contributed by atoms with Crippen molar-refractivity contribution in [1.29, 1.82) is 5.41 Å². The maximum absolute atomic E-state index is 11.2. The second-order valence-electron chi connectivity index (χ2n) is 2.91. The molecule has 16 heavy (non-hydrogen) atoms. The summed E-state index contributed by atoms with van der Waals surface area (Å²) in [4.78, 5) is 15.5. The molecule has 4 nitrogen and oxygen atoms in total. The van der Waals surface area contributed by atoms with E-state index in [-0.39, 0.29) is 5.78 Å². The lowest BCUT2D eigenvalue weighted by Gasteiger charge is -1.98. The van der Waals surface area contributed by atoms with Gasteiger partial charge in [-0.25, -0.2) is 4.98 Å². The van der Waals surface area contributed by atoms with Crippen molar-refractivity contribution < 1.29 is 9.53 Å². The first-order chi connectivity index (χ1) is 7.79. The first-order valence-corrected chi connectivity index (χ1v) is 5.35. The first kappa shape index (κ1) is 10.5. The zero-order chi connectivity index (χ0) is 11.4. The Kier molecular flexibility index (Phi) is 3.07. The fourth-order valence-electron chi connectivity index (χ4n) is 1.08. The van der Waals surface area contributed by atoms with Crippen LogP contribution in [0.4, 0.5) is 0 Å². The highest BCUT2D eigenvalue weighted by atomic mass is 32.1. The van der Waals surface area contributed by atoms with Gasteiger partial charge in [-0.05, 0) is 12.1 Å². The summed E-state index contributed by atoms with van der Waals surface area (Å²) in [6.07, 6.45) is 2.18. The lowest BCUT2D eigenvalue weighted by molar-refractivity contribution is 0.107. The van der Waals surface area contributed by atoms with Crippen molar-refractivity contribution >= 4 is 23.3 Å². The third kappa shape index (κ3) is 2.32. The van der Waals surface area contributed by atoms with Crippen LogP contribution in [0, 0.1) is 5.41 Å². The lowest BCUT2D eigenvalue weighted by Crippen LogP contribution is -1.94. The van der Waals surface area contributed by atoms with E-state index >= 15 is 0 Å². The van der Waals surface area contributed by atoms with Crippen LogP contribution in [0.2, 0.25) is 0 Å². The number of Topliss-reactive ketones (excluding diaryl/α,β-unsaturated/α-hetero) is 1. The van der Waals surface area contributed by atoms with Crippen LogP contribution in [-0.2, 0) is 0 Å². The van der Waals surface area contributed by atoms with Crippen LogP contribution < -0.4 is 4.74 Å². The standard InChI is InChI=1S/C11H8N2O2S/c12-6-9(14)10-7-13-11(16-10)15-8-4-2-1-3-5-8/h1-7,12H. The number of rotatable bonds is 4. The number of ketones is 1. The van der Waals surface area contributed by atoms with Gasteiger partial charge >= 0.3 is 0 Å². The van der Waals surface area contributed by atoms with Gasteiger partial charge in [-0.15, -0.1) is 0 Å². The molecule has 0 fully saturated rings. The quantitative estimate of drug-likeness (QED) is 0.651. The summed E-state index contributed by atoms with van der Waals surface area (Å²) >= 11 is 1.13. The normalized spacial score (nSPS) is 9.75. The van der Waals surface area contributed by atoms with Crippen molar-refractivity contribution in [2.24, 2.45) is 0 Å². The van der Waals surface area contributed by atoms with Crippen LogP contribution in [0.25, 0.3) is 0 Å². The second-order valence-corrected chi connectivity index (χ2v) is 3.91. The molecule has 0 radical (unpaired) electrons. The molecular formula is C11H8N2O2S. The van der Waals surface area contributed by atoms with Gasteiger partial charge in [-0.1, -0.05) is 29.5 Å². The maximum Gasteiger partial charge on any atom is 0.279 e. The van der Waals surface area contributed by atoms with Crippen LogP contribution in [0.3, 0.4) is 0 Å². The van der Waals surface area contributed by atoms with Gasteiger partial charge in [0.2, 0.25) is 5.78 Å². The third-order valence-corrected chi connectivity index (χ3v) is 2.70. The van der Waals surface area contributed by atoms with Crippen LogP contribution in [0.5, 0.6) is 10.9 Å². The number of nitrogens with one attached hydrogen (secondary N) is 1. The minimum atomic E-state index is -0.361. The van der Waals surface area contributed by atoms with Crippen molar-refractivity contribution in [2.75, 3.05) is 0 Å². The molecule has 0 aliphatic rings. The Hall–Kier alpha value is -2.01. The van der Waals surface area contributed by atoms with Crippen LogP contribution in [0.1, 0.15) is 9.67 Å². The Morgan fingerprint density at radius 1 is 1.38 bits per heavy atom. The highest BCUT2D eigenvalue weighted by Crippen LogP contribution is 2.26. The number of hydrogen-bond donors (Lipinski definition) is 1. The fourth-order valence-corrected chi connectivity index (χ4v) is 1.78. The molecule has 0 saturated heterocycles. The van der Waals surface area contributed by atoms with Crippen molar-refractivity contribution in [3.63, 3.8) is 0 Å². The molecule has 2 aromatic rings. The minimum absolute atomic E-state index is 0.361. The lowest BCUT2D eigenvalue weighted by atomic mass is 10.3. The smallest absolute Gasteiger partial charge is 0.279 e. The Labute approximate surface area is 96.0 Å². The number of aromatic nitrogens is 1. The van der Waals surface area contributed by atoms with Crippen molar-refractivity contribution in [2.45, 2.75) is 0 Å². The molecule has 0 unspecified atom stereocenters. The van der Waals surface area contributed by atoms with E-state index in [1.807, 2.05) is 18.2 Å². The highest BCUT2D eigenvalue weighted by Gasteiger charge is 2.09. The number of benzene rings is 1. The summed E-state index contributed by atoms with van der Waals surface area (Å²) in [5, 5.41) is 7.24. The van der Waals surface area contributed by atoms with E-state index in [2.05, 4.69) is 4.98 Å². The Morgan fingerprint density at radius 2 is 2.12 bits per heavy atom. The zero-order valence-electron chi connectivity index (χ0n) is 8.21. The van der Waals surface area contributed by atoms with Crippen LogP contribution in [-0.4, -0.2) is 17.0 Å². The summed E-state index contributed by atoms with van der Waals surface area (Å²) < 4.78 is 5.43. The number of nitrogens with zero attached hydrogens (tertiary/aromatic N) is 1. The molecule has 1 aromatic carbocycles. The molecule has 2 rings (SSSR count). The third-order valence-electron chi connectivity index (χ3n) is 1.81. The highest BCUT2D eigenvalue weighted by molar-refractivity contribution is 7.16. The van der Waals surface area contributed by atoms with Gasteiger partial charge in [0.15, 0.2) is 0 Å². The number of thiazole rings is 1. The monoisotopic (exact) mass is 232 g/mol. The van der Waals surface area contributed by atoms with E-state index in [1.165, 1.54) is 6.20 Å². The molecule has 5 heteroatoms. The SMILES string of the molecule is N=CC(=O)c1cnc(Oc2ccccc2)s1. The van der Waals surface area contributed by atoms with Crippen molar-refractivity contribution in [1.82, 2.24) is 4.98 Å². The second kappa shape index (κ2) is 4.67. The van der Waals surface area contributed by atoms with Gasteiger partial charge in [0, 0.05) is 0 Å². The molecule has 0 saturated carbocycles. The van der Waals surface area contributed by atoms with Crippen molar-refractivity contribution in [3.05, 3.63) is 41.4 Å². The van der Waals surface area contributed by atoms with E-state index in [0.717, 1.165) is 17.6 Å². The molecule has 0 spiro atoms.